The van der Waals surface area contributed by atoms with Gasteiger partial charge in [0.15, 0.2) is 5.54 Å². The van der Waals surface area contributed by atoms with Gasteiger partial charge in [0, 0.05) is 6.07 Å². The normalized spacial score (nSPS) is 13.5. The van der Waals surface area contributed by atoms with E-state index in [2.05, 4.69) is 0 Å². The standard InChI is InChI=1S/C15H15FN2O2/c16-12-7-4-8-13(9-12)20-10-15(18,14(17)19)11-5-2-1-3-6-11/h1-9H,10,18H2,(H2,17,19). The van der Waals surface area contributed by atoms with Gasteiger partial charge in [0.2, 0.25) is 5.91 Å². The first-order valence-corrected chi connectivity index (χ1v) is 6.05. The van der Waals surface area contributed by atoms with E-state index in [4.69, 9.17) is 16.2 Å². The van der Waals surface area contributed by atoms with Crippen LogP contribution in [-0.4, -0.2) is 12.5 Å². The summed E-state index contributed by atoms with van der Waals surface area (Å²) >= 11 is 0. The number of benzene rings is 2. The predicted octanol–water partition coefficient (Wildman–Crippen LogP) is 1.54. The van der Waals surface area contributed by atoms with Gasteiger partial charge in [-0.2, -0.15) is 0 Å². The number of hydrogen-bond acceptors (Lipinski definition) is 3. The molecule has 0 aromatic heterocycles. The van der Waals surface area contributed by atoms with Crippen molar-refractivity contribution >= 4 is 5.91 Å². The van der Waals surface area contributed by atoms with Gasteiger partial charge >= 0.3 is 0 Å². The summed E-state index contributed by atoms with van der Waals surface area (Å²) in [7, 11) is 0. The number of halogens is 1. The second-order valence-corrected chi connectivity index (χ2v) is 4.45. The van der Waals surface area contributed by atoms with Crippen LogP contribution in [0.3, 0.4) is 0 Å². The van der Waals surface area contributed by atoms with Crippen LogP contribution in [0.1, 0.15) is 5.56 Å². The van der Waals surface area contributed by atoms with Gasteiger partial charge in [-0.3, -0.25) is 4.79 Å². The number of rotatable bonds is 5. The quantitative estimate of drug-likeness (QED) is 0.868. The zero-order valence-corrected chi connectivity index (χ0v) is 10.8. The molecule has 2 aromatic rings. The van der Waals surface area contributed by atoms with E-state index in [1.165, 1.54) is 18.2 Å². The van der Waals surface area contributed by atoms with Crippen molar-refractivity contribution in [3.8, 4) is 5.75 Å². The first kappa shape index (κ1) is 14.0. The maximum Gasteiger partial charge on any atom is 0.245 e. The summed E-state index contributed by atoms with van der Waals surface area (Å²) in [5.74, 6) is -0.846. The summed E-state index contributed by atoms with van der Waals surface area (Å²) in [5.41, 5.74) is 10.5. The predicted molar refractivity (Wildman–Crippen MR) is 73.4 cm³/mol. The molecule has 0 aliphatic heterocycles. The minimum absolute atomic E-state index is 0.171. The fraction of sp³-hybridized carbons (Fsp3) is 0.133. The molecule has 104 valence electrons. The molecule has 4 N–H and O–H groups in total. The van der Waals surface area contributed by atoms with Crippen molar-refractivity contribution in [3.05, 3.63) is 66.0 Å². The molecule has 1 unspecified atom stereocenters. The zero-order chi connectivity index (χ0) is 14.6. The summed E-state index contributed by atoms with van der Waals surface area (Å²) in [5, 5.41) is 0. The zero-order valence-electron chi connectivity index (χ0n) is 10.8. The Hall–Kier alpha value is -2.40. The largest absolute Gasteiger partial charge is 0.491 e. The average Bonchev–Trinajstić information content (AvgIpc) is 2.45. The second kappa shape index (κ2) is 5.71. The van der Waals surface area contributed by atoms with Gasteiger partial charge in [0.25, 0.3) is 0 Å². The number of primary amides is 1. The number of nitrogens with two attached hydrogens (primary N) is 2. The van der Waals surface area contributed by atoms with Crippen LogP contribution in [0.5, 0.6) is 5.75 Å². The highest BCUT2D eigenvalue weighted by atomic mass is 19.1. The molecule has 20 heavy (non-hydrogen) atoms. The van der Waals surface area contributed by atoms with Gasteiger partial charge in [0.1, 0.15) is 18.2 Å². The Balaban J connectivity index is 2.20. The molecule has 0 saturated heterocycles. The van der Waals surface area contributed by atoms with Crippen molar-refractivity contribution in [3.63, 3.8) is 0 Å². The van der Waals surface area contributed by atoms with E-state index in [0.29, 0.717) is 5.56 Å². The van der Waals surface area contributed by atoms with Crippen molar-refractivity contribution in [2.45, 2.75) is 5.54 Å². The highest BCUT2D eigenvalue weighted by Gasteiger charge is 2.35. The summed E-state index contributed by atoms with van der Waals surface area (Å²) < 4.78 is 18.5. The summed E-state index contributed by atoms with van der Waals surface area (Å²) in [6.45, 7) is -0.171. The fourth-order valence-electron chi connectivity index (χ4n) is 1.79. The number of carbonyl (C=O) groups is 1. The molecule has 0 aliphatic rings. The first-order valence-electron chi connectivity index (χ1n) is 6.05. The van der Waals surface area contributed by atoms with E-state index in [0.717, 1.165) is 0 Å². The van der Waals surface area contributed by atoms with Crippen molar-refractivity contribution in [1.82, 2.24) is 0 Å². The molecule has 0 spiro atoms. The van der Waals surface area contributed by atoms with Gasteiger partial charge in [-0.1, -0.05) is 36.4 Å². The number of carbonyl (C=O) groups excluding carboxylic acids is 1. The van der Waals surface area contributed by atoms with E-state index >= 15 is 0 Å². The average molecular weight is 274 g/mol. The molecule has 1 atom stereocenters. The van der Waals surface area contributed by atoms with E-state index in [1.54, 1.807) is 36.4 Å². The van der Waals surface area contributed by atoms with Crippen LogP contribution in [0.15, 0.2) is 54.6 Å². The summed E-state index contributed by atoms with van der Waals surface area (Å²) in [4.78, 5) is 11.7. The second-order valence-electron chi connectivity index (χ2n) is 4.45. The summed E-state index contributed by atoms with van der Waals surface area (Å²) in [6.07, 6.45) is 0. The maximum atomic E-state index is 13.1. The third kappa shape index (κ3) is 2.95. The Kier molecular flexibility index (Phi) is 4.00. The third-order valence-corrected chi connectivity index (χ3v) is 2.99. The van der Waals surface area contributed by atoms with Gasteiger partial charge in [-0.25, -0.2) is 4.39 Å². The lowest BCUT2D eigenvalue weighted by Crippen LogP contribution is -2.53. The Morgan fingerprint density at radius 2 is 1.85 bits per heavy atom. The number of ether oxygens (including phenoxy) is 1. The van der Waals surface area contributed by atoms with Crippen molar-refractivity contribution in [1.29, 1.82) is 0 Å². The van der Waals surface area contributed by atoms with Crippen molar-refractivity contribution < 1.29 is 13.9 Å². The minimum atomic E-state index is -1.46. The Labute approximate surface area is 116 Å². The van der Waals surface area contributed by atoms with E-state index in [-0.39, 0.29) is 12.4 Å². The van der Waals surface area contributed by atoms with Gasteiger partial charge in [-0.15, -0.1) is 0 Å². The van der Waals surface area contributed by atoms with Gasteiger partial charge in [-0.05, 0) is 17.7 Å². The molecule has 0 heterocycles. The molecule has 0 bridgehead atoms. The Morgan fingerprint density at radius 3 is 2.45 bits per heavy atom. The minimum Gasteiger partial charge on any atom is -0.491 e. The molecule has 0 saturated carbocycles. The molecule has 2 aromatic carbocycles. The highest BCUT2D eigenvalue weighted by Crippen LogP contribution is 2.20. The van der Waals surface area contributed by atoms with Crippen molar-refractivity contribution in [2.24, 2.45) is 11.5 Å². The summed E-state index contributed by atoms with van der Waals surface area (Å²) in [6, 6.07) is 14.3. The Bertz CT molecular complexity index is 604. The first-order chi connectivity index (χ1) is 9.52. The van der Waals surface area contributed by atoms with Gasteiger partial charge in [0.05, 0.1) is 0 Å². The molecule has 4 nitrogen and oxygen atoms in total. The lowest BCUT2D eigenvalue weighted by molar-refractivity contribution is -0.124. The lowest BCUT2D eigenvalue weighted by Gasteiger charge is -2.26. The molecular formula is C15H15FN2O2. The van der Waals surface area contributed by atoms with E-state index in [1.807, 2.05) is 0 Å². The molecular weight excluding hydrogens is 259 g/mol. The van der Waals surface area contributed by atoms with Crippen LogP contribution >= 0.6 is 0 Å². The molecule has 0 fully saturated rings. The SMILES string of the molecule is NC(=O)C(N)(COc1cccc(F)c1)c1ccccc1. The Morgan fingerprint density at radius 1 is 1.15 bits per heavy atom. The van der Waals surface area contributed by atoms with Crippen LogP contribution in [0, 0.1) is 5.82 Å². The van der Waals surface area contributed by atoms with E-state index < -0.39 is 17.3 Å². The highest BCUT2D eigenvalue weighted by molar-refractivity contribution is 5.86. The van der Waals surface area contributed by atoms with Crippen LogP contribution in [0.25, 0.3) is 0 Å². The molecule has 2 rings (SSSR count). The third-order valence-electron chi connectivity index (χ3n) is 2.99. The van der Waals surface area contributed by atoms with E-state index in [9.17, 15) is 9.18 Å². The molecule has 0 aliphatic carbocycles. The lowest BCUT2D eigenvalue weighted by atomic mass is 9.91. The van der Waals surface area contributed by atoms with Crippen LogP contribution in [0.4, 0.5) is 4.39 Å². The van der Waals surface area contributed by atoms with Crippen LogP contribution in [-0.2, 0) is 10.3 Å². The molecule has 1 amide bonds. The number of amides is 1. The van der Waals surface area contributed by atoms with Crippen LogP contribution < -0.4 is 16.2 Å². The smallest absolute Gasteiger partial charge is 0.245 e. The monoisotopic (exact) mass is 274 g/mol. The molecule has 0 radical (unpaired) electrons. The topological polar surface area (TPSA) is 78.3 Å². The maximum absolute atomic E-state index is 13.1. The number of hydrogen-bond donors (Lipinski definition) is 2. The van der Waals surface area contributed by atoms with Crippen LogP contribution in [0.2, 0.25) is 0 Å². The molecule has 5 heteroatoms. The fourth-order valence-corrected chi connectivity index (χ4v) is 1.79. The van der Waals surface area contributed by atoms with Crippen molar-refractivity contribution in [2.75, 3.05) is 6.61 Å². The van der Waals surface area contributed by atoms with Gasteiger partial charge < -0.3 is 16.2 Å².